The Hall–Kier alpha value is -4.23. The van der Waals surface area contributed by atoms with Crippen LogP contribution in [0.5, 0.6) is 0 Å². The van der Waals surface area contributed by atoms with E-state index in [9.17, 15) is 19.5 Å². The molecule has 3 aromatic carbocycles. The molecule has 47 heavy (non-hydrogen) atoms. The molecule has 2 aliphatic rings. The van der Waals surface area contributed by atoms with Gasteiger partial charge in [-0.05, 0) is 65.8 Å². The summed E-state index contributed by atoms with van der Waals surface area (Å²) in [4.78, 5) is 47.0. The Labute approximate surface area is 279 Å². The van der Waals surface area contributed by atoms with Gasteiger partial charge in [0.15, 0.2) is 0 Å². The highest BCUT2D eigenvalue weighted by atomic mass is 16.3. The number of rotatable bonds is 12. The van der Waals surface area contributed by atoms with Gasteiger partial charge in [0, 0.05) is 40.0 Å². The molecule has 0 aromatic heterocycles. The number of nitrogens with zero attached hydrogens (tertiary/aromatic N) is 3. The lowest BCUT2D eigenvalue weighted by Crippen LogP contribution is -2.57. The second-order valence-corrected chi connectivity index (χ2v) is 13.7. The monoisotopic (exact) mass is 635 g/mol. The zero-order valence-electron chi connectivity index (χ0n) is 28.1. The molecule has 1 N–H and O–H groups in total. The third-order valence-electron chi connectivity index (χ3n) is 10.2. The summed E-state index contributed by atoms with van der Waals surface area (Å²) in [5.74, 6) is -0.639. The maximum absolute atomic E-state index is 14.5. The number of aliphatic hydroxyl groups excluding tert-OH is 1. The number of hydrogen-bond acceptors (Lipinski definition) is 4. The predicted octanol–water partition coefficient (Wildman–Crippen LogP) is 5.91. The van der Waals surface area contributed by atoms with Crippen molar-refractivity contribution in [2.45, 2.75) is 76.5 Å². The van der Waals surface area contributed by atoms with E-state index in [1.165, 1.54) is 24.2 Å². The first kappa shape index (κ1) is 34.1. The molecule has 1 saturated heterocycles. The van der Waals surface area contributed by atoms with Crippen molar-refractivity contribution in [2.24, 2.45) is 5.41 Å². The Morgan fingerprint density at radius 1 is 0.809 bits per heavy atom. The summed E-state index contributed by atoms with van der Waals surface area (Å²) >= 11 is 0. The van der Waals surface area contributed by atoms with Crippen molar-refractivity contribution in [3.63, 3.8) is 0 Å². The zero-order chi connectivity index (χ0) is 33.4. The highest BCUT2D eigenvalue weighted by Gasteiger charge is 2.37. The smallest absolute Gasteiger partial charge is 0.246 e. The van der Waals surface area contributed by atoms with Crippen LogP contribution in [0.15, 0.2) is 97.1 Å². The number of piperidine rings is 1. The Kier molecular flexibility index (Phi) is 11.3. The predicted molar refractivity (Wildman–Crippen MR) is 186 cm³/mol. The van der Waals surface area contributed by atoms with Crippen molar-refractivity contribution in [3.05, 3.63) is 108 Å². The summed E-state index contributed by atoms with van der Waals surface area (Å²) in [5, 5.41) is 10.1. The number of benzene rings is 3. The fourth-order valence-electron chi connectivity index (χ4n) is 6.69. The minimum absolute atomic E-state index is 0.134. The van der Waals surface area contributed by atoms with Crippen LogP contribution in [0, 0.1) is 5.41 Å². The van der Waals surface area contributed by atoms with E-state index in [0.29, 0.717) is 38.8 Å². The van der Waals surface area contributed by atoms with Gasteiger partial charge in [0.2, 0.25) is 17.7 Å². The molecule has 3 aromatic rings. The van der Waals surface area contributed by atoms with E-state index in [2.05, 4.69) is 19.1 Å². The molecular formula is C40H49N3O4. The Balaban J connectivity index is 1.40. The Morgan fingerprint density at radius 2 is 1.36 bits per heavy atom. The molecule has 1 heterocycles. The fraction of sp³-hybridized carbons (Fsp3) is 0.425. The normalized spacial score (nSPS) is 17.5. The summed E-state index contributed by atoms with van der Waals surface area (Å²) < 4.78 is 0. The second kappa shape index (κ2) is 15.6. The number of likely N-dealkylation sites (N-methyl/N-ethyl adjacent to an activating group) is 2. The van der Waals surface area contributed by atoms with Gasteiger partial charge in [0.1, 0.15) is 12.1 Å². The molecule has 3 amide bonds. The van der Waals surface area contributed by atoms with E-state index < -0.39 is 18.2 Å². The molecule has 1 aliphatic carbocycles. The van der Waals surface area contributed by atoms with Crippen molar-refractivity contribution in [1.29, 1.82) is 0 Å². The van der Waals surface area contributed by atoms with Gasteiger partial charge in [0.05, 0.1) is 6.10 Å². The van der Waals surface area contributed by atoms with Gasteiger partial charge in [-0.2, -0.15) is 0 Å². The van der Waals surface area contributed by atoms with Crippen molar-refractivity contribution in [1.82, 2.24) is 14.7 Å². The molecule has 2 fully saturated rings. The minimum Gasteiger partial charge on any atom is -0.393 e. The lowest BCUT2D eigenvalue weighted by molar-refractivity contribution is -0.150. The molecule has 7 heteroatoms. The summed E-state index contributed by atoms with van der Waals surface area (Å²) in [6.07, 6.45) is 9.25. The topological polar surface area (TPSA) is 81.2 Å². The molecule has 1 unspecified atom stereocenters. The van der Waals surface area contributed by atoms with Gasteiger partial charge >= 0.3 is 0 Å². The van der Waals surface area contributed by atoms with E-state index in [1.54, 1.807) is 30.0 Å². The third kappa shape index (κ3) is 8.77. The lowest BCUT2D eigenvalue weighted by atomic mass is 9.68. The van der Waals surface area contributed by atoms with E-state index >= 15 is 0 Å². The van der Waals surface area contributed by atoms with E-state index in [4.69, 9.17) is 0 Å². The van der Waals surface area contributed by atoms with E-state index in [-0.39, 0.29) is 23.1 Å². The van der Waals surface area contributed by atoms with E-state index in [1.807, 2.05) is 78.9 Å². The highest BCUT2D eigenvalue weighted by Crippen LogP contribution is 2.43. The molecule has 5 rings (SSSR count). The van der Waals surface area contributed by atoms with Gasteiger partial charge < -0.3 is 19.8 Å². The van der Waals surface area contributed by atoms with Crippen LogP contribution in [0.1, 0.15) is 56.6 Å². The van der Waals surface area contributed by atoms with Crippen molar-refractivity contribution >= 4 is 17.7 Å². The number of allylic oxidation sites excluding steroid dienone is 1. The maximum atomic E-state index is 14.5. The summed E-state index contributed by atoms with van der Waals surface area (Å²) in [6, 6.07) is 26.4. The maximum Gasteiger partial charge on any atom is 0.246 e. The first-order valence-corrected chi connectivity index (χ1v) is 17.0. The number of carbonyl (C=O) groups is 3. The number of hydrogen-bond donors (Lipinski definition) is 1. The molecule has 0 radical (unpaired) electrons. The molecule has 2 atom stereocenters. The molecular weight excluding hydrogens is 586 g/mol. The number of carbonyl (C=O) groups excluding carboxylic acids is 3. The van der Waals surface area contributed by atoms with Crippen molar-refractivity contribution in [3.8, 4) is 11.1 Å². The summed E-state index contributed by atoms with van der Waals surface area (Å²) in [5.41, 5.74) is 4.31. The summed E-state index contributed by atoms with van der Waals surface area (Å²) in [7, 11) is 3.37. The first-order valence-electron chi connectivity index (χ1n) is 17.0. The van der Waals surface area contributed by atoms with Crippen LogP contribution in [0.3, 0.4) is 0 Å². The van der Waals surface area contributed by atoms with Gasteiger partial charge in [0.25, 0.3) is 0 Å². The average molecular weight is 636 g/mol. The molecule has 7 nitrogen and oxygen atoms in total. The molecule has 1 aliphatic heterocycles. The highest BCUT2D eigenvalue weighted by molar-refractivity contribution is 5.95. The molecule has 248 valence electrons. The third-order valence-corrected chi connectivity index (χ3v) is 10.2. The summed E-state index contributed by atoms with van der Waals surface area (Å²) in [6.45, 7) is 3.15. The van der Waals surface area contributed by atoms with Crippen LogP contribution in [0.2, 0.25) is 0 Å². The van der Waals surface area contributed by atoms with Gasteiger partial charge in [-0.25, -0.2) is 0 Å². The standard InChI is InChI=1S/C40H49N3O4/c1-40(24-11-25-40)23-10-16-37(45)41(2)35(29-31-17-19-33(20-18-31)32-14-8-5-9-15-32)38(46)42(3)36(28-30-12-6-4-7-13-30)39(47)43-26-21-34(44)22-27-43/h4-10,12-20,34-36,44H,11,21-29H2,1-3H3/b16-10+/t35-,36?/m1/s1. The van der Waals surface area contributed by atoms with Crippen LogP contribution in [0.4, 0.5) is 0 Å². The van der Waals surface area contributed by atoms with Gasteiger partial charge in [-0.1, -0.05) is 104 Å². The number of aliphatic hydroxyl groups is 1. The van der Waals surface area contributed by atoms with Crippen LogP contribution in [0.25, 0.3) is 11.1 Å². The van der Waals surface area contributed by atoms with E-state index in [0.717, 1.165) is 28.7 Å². The number of amides is 3. The molecule has 0 bridgehead atoms. The van der Waals surface area contributed by atoms with Crippen molar-refractivity contribution in [2.75, 3.05) is 27.2 Å². The van der Waals surface area contributed by atoms with Gasteiger partial charge in [-0.3, -0.25) is 14.4 Å². The van der Waals surface area contributed by atoms with Crippen molar-refractivity contribution < 1.29 is 19.5 Å². The SMILES string of the molecule is CN(C(=O)[C@@H](Cc1ccc(-c2ccccc2)cc1)N(C)C(=O)/C=C/CC1(C)CCC1)C(Cc1ccccc1)C(=O)N1CCC(O)CC1. The average Bonchev–Trinajstić information content (AvgIpc) is 3.09. The molecule has 1 saturated carbocycles. The lowest BCUT2D eigenvalue weighted by Gasteiger charge is -2.38. The minimum atomic E-state index is -0.812. The fourth-order valence-corrected chi connectivity index (χ4v) is 6.69. The second-order valence-electron chi connectivity index (χ2n) is 13.7. The van der Waals surface area contributed by atoms with Gasteiger partial charge in [-0.15, -0.1) is 0 Å². The Bertz CT molecular complexity index is 1510. The molecule has 0 spiro atoms. The van der Waals surface area contributed by atoms with Crippen LogP contribution >= 0.6 is 0 Å². The van der Waals surface area contributed by atoms with Crippen LogP contribution in [-0.4, -0.2) is 82.9 Å². The van der Waals surface area contributed by atoms with Crippen LogP contribution in [-0.2, 0) is 27.2 Å². The largest absolute Gasteiger partial charge is 0.393 e. The first-order chi connectivity index (χ1) is 22.6. The Morgan fingerprint density at radius 3 is 1.96 bits per heavy atom. The zero-order valence-corrected chi connectivity index (χ0v) is 28.1. The quantitative estimate of drug-likeness (QED) is 0.251. The van der Waals surface area contributed by atoms with Crippen LogP contribution < -0.4 is 0 Å². The number of likely N-dealkylation sites (tertiary alicyclic amines) is 1.